The van der Waals surface area contributed by atoms with Gasteiger partial charge < -0.3 is 9.84 Å². The summed E-state index contributed by atoms with van der Waals surface area (Å²) in [4.78, 5) is 13.7. The number of carbonyl (C=O) groups is 1. The topological polar surface area (TPSA) is 49.8 Å². The average molecular weight is 543 g/mol. The lowest BCUT2D eigenvalue weighted by atomic mass is 9.78. The molecule has 0 saturated carbocycles. The van der Waals surface area contributed by atoms with Crippen molar-refractivity contribution in [3.63, 3.8) is 0 Å². The van der Waals surface area contributed by atoms with Crippen molar-refractivity contribution in [3.05, 3.63) is 64.2 Å². The van der Waals surface area contributed by atoms with E-state index in [-0.39, 0.29) is 36.8 Å². The molecule has 0 fully saturated rings. The first kappa shape index (κ1) is 28.6. The number of nitrogens with zero attached hydrogens (tertiary/aromatic N) is 1. The van der Waals surface area contributed by atoms with E-state index < -0.39 is 64.9 Å². The van der Waals surface area contributed by atoms with Gasteiger partial charge >= 0.3 is 24.6 Å². The van der Waals surface area contributed by atoms with Crippen molar-refractivity contribution in [1.29, 1.82) is 0 Å². The Morgan fingerprint density at radius 3 is 1.92 bits per heavy atom. The second-order valence-corrected chi connectivity index (χ2v) is 8.53. The number of rotatable bonds is 4. The van der Waals surface area contributed by atoms with E-state index in [1.54, 1.807) is 6.92 Å². The summed E-state index contributed by atoms with van der Waals surface area (Å²) in [5.41, 5.74) is -5.62. The van der Waals surface area contributed by atoms with Gasteiger partial charge in [0.25, 0.3) is 0 Å². The molecule has 1 heterocycles. The molecule has 37 heavy (non-hydrogen) atoms. The van der Waals surface area contributed by atoms with Crippen molar-refractivity contribution < 1.29 is 54.2 Å². The molecule has 1 aliphatic rings. The lowest BCUT2D eigenvalue weighted by Crippen LogP contribution is -2.45. The van der Waals surface area contributed by atoms with E-state index in [0.717, 1.165) is 11.0 Å². The molecule has 1 aliphatic heterocycles. The Bertz CT molecular complexity index is 1110. The van der Waals surface area contributed by atoms with E-state index >= 15 is 0 Å². The third-order valence-electron chi connectivity index (χ3n) is 6.17. The van der Waals surface area contributed by atoms with E-state index in [4.69, 9.17) is 4.74 Å². The van der Waals surface area contributed by atoms with Crippen LogP contribution in [0.2, 0.25) is 0 Å². The van der Waals surface area contributed by atoms with Crippen LogP contribution in [-0.2, 0) is 23.3 Å². The molecule has 0 aromatic heterocycles. The maximum atomic E-state index is 13.5. The summed E-state index contributed by atoms with van der Waals surface area (Å²) in [6.45, 7) is 3.08. The number of ether oxygens (including phenoxy) is 1. The van der Waals surface area contributed by atoms with Gasteiger partial charge in [-0.05, 0) is 67.3 Å². The molecule has 3 rings (SSSR count). The molecule has 0 saturated heterocycles. The molecule has 2 aromatic rings. The van der Waals surface area contributed by atoms with Crippen LogP contribution in [0.4, 0.5) is 50.0 Å². The van der Waals surface area contributed by atoms with Crippen LogP contribution in [0.15, 0.2) is 36.4 Å². The first-order chi connectivity index (χ1) is 17.0. The van der Waals surface area contributed by atoms with Gasteiger partial charge in [0.2, 0.25) is 0 Å². The van der Waals surface area contributed by atoms with Crippen molar-refractivity contribution >= 4 is 11.8 Å². The Morgan fingerprint density at radius 1 is 0.919 bits per heavy atom. The quantitative estimate of drug-likeness (QED) is 0.402. The molecule has 13 heteroatoms. The van der Waals surface area contributed by atoms with E-state index in [9.17, 15) is 49.4 Å². The van der Waals surface area contributed by atoms with Crippen molar-refractivity contribution in [2.45, 2.75) is 63.3 Å². The first-order valence-electron chi connectivity index (χ1n) is 11.1. The van der Waals surface area contributed by atoms with E-state index in [0.29, 0.717) is 24.3 Å². The molecule has 0 spiro atoms. The van der Waals surface area contributed by atoms with E-state index in [2.05, 4.69) is 0 Å². The Morgan fingerprint density at radius 2 is 1.46 bits per heavy atom. The summed E-state index contributed by atoms with van der Waals surface area (Å²) in [6.07, 6.45) is -18.2. The fraction of sp³-hybridized carbons (Fsp3) is 0.458. The van der Waals surface area contributed by atoms with Crippen molar-refractivity contribution in [2.75, 3.05) is 11.5 Å². The number of alkyl halides is 9. The van der Waals surface area contributed by atoms with Gasteiger partial charge in [0, 0.05) is 12.0 Å². The fourth-order valence-corrected chi connectivity index (χ4v) is 4.44. The largest absolute Gasteiger partial charge is 0.449 e. The molecule has 1 unspecified atom stereocenters. The predicted octanol–water partition coefficient (Wildman–Crippen LogP) is 7.71. The van der Waals surface area contributed by atoms with Gasteiger partial charge in [-0.3, -0.25) is 4.90 Å². The predicted molar refractivity (Wildman–Crippen MR) is 114 cm³/mol. The van der Waals surface area contributed by atoms with Gasteiger partial charge in [-0.2, -0.15) is 39.5 Å². The van der Waals surface area contributed by atoms with Gasteiger partial charge in [0.05, 0.1) is 35.1 Å². The smallest absolute Gasteiger partial charge is 0.416 e. The zero-order valence-corrected chi connectivity index (χ0v) is 19.4. The summed E-state index contributed by atoms with van der Waals surface area (Å²) >= 11 is 0. The summed E-state index contributed by atoms with van der Waals surface area (Å²) in [5, 5.41) is 11.1. The Balaban J connectivity index is 2.22. The molecule has 2 aromatic carbocycles. The monoisotopic (exact) mass is 543 g/mol. The van der Waals surface area contributed by atoms with Crippen LogP contribution in [-0.4, -0.2) is 23.8 Å². The number of carbonyl (C=O) groups excluding carboxylic acids is 1. The number of benzene rings is 2. The SMILES string of the molecule is CCOC(=O)N1c2ccc(C(F)(F)F)cc2C([C@H](O)c2cc(C(F)(F)F)cc(C(F)(F)F)c2)C[C@H]1CC. The lowest BCUT2D eigenvalue weighted by Gasteiger charge is -2.41. The number of fused-ring (bicyclic) bond motifs is 1. The molecular weight excluding hydrogens is 521 g/mol. The Labute approximate surface area is 205 Å². The summed E-state index contributed by atoms with van der Waals surface area (Å²) in [7, 11) is 0. The van der Waals surface area contributed by atoms with Crippen LogP contribution in [0.3, 0.4) is 0 Å². The van der Waals surface area contributed by atoms with Crippen LogP contribution in [0.5, 0.6) is 0 Å². The standard InChI is InChI=1S/C24H22F9NO3/c1-3-16-11-18(20(35)12-7-14(23(28,29)30)9-15(8-12)24(31,32)33)17-10-13(22(25,26)27)5-6-19(17)34(16)21(36)37-4-2/h5-10,16,18,20,35H,3-4,11H2,1-2H3/t16-,18?,20-/m1/s1. The van der Waals surface area contributed by atoms with Gasteiger partial charge in [0.1, 0.15) is 0 Å². The third kappa shape index (κ3) is 5.97. The summed E-state index contributed by atoms with van der Waals surface area (Å²) < 4.78 is 126. The molecule has 1 N–H and O–H groups in total. The van der Waals surface area contributed by atoms with E-state index in [1.807, 2.05) is 0 Å². The van der Waals surface area contributed by atoms with Crippen LogP contribution in [0, 0.1) is 0 Å². The molecule has 0 aliphatic carbocycles. The zero-order valence-electron chi connectivity index (χ0n) is 19.4. The number of aliphatic hydroxyl groups excluding tert-OH is 1. The zero-order chi connectivity index (χ0) is 27.9. The molecule has 4 nitrogen and oxygen atoms in total. The molecular formula is C24H22F9NO3. The van der Waals surface area contributed by atoms with Gasteiger partial charge in [0.15, 0.2) is 0 Å². The second kappa shape index (κ2) is 10.1. The van der Waals surface area contributed by atoms with Gasteiger partial charge in [-0.1, -0.05) is 6.92 Å². The molecule has 3 atom stereocenters. The lowest BCUT2D eigenvalue weighted by molar-refractivity contribution is -0.143. The highest BCUT2D eigenvalue weighted by molar-refractivity contribution is 5.90. The maximum absolute atomic E-state index is 13.5. The number of halogens is 9. The van der Waals surface area contributed by atoms with Crippen molar-refractivity contribution in [1.82, 2.24) is 0 Å². The number of amides is 1. The van der Waals surface area contributed by atoms with Gasteiger partial charge in [-0.25, -0.2) is 4.79 Å². The van der Waals surface area contributed by atoms with Crippen LogP contribution >= 0.6 is 0 Å². The highest BCUT2D eigenvalue weighted by atomic mass is 19.4. The first-order valence-corrected chi connectivity index (χ1v) is 11.1. The maximum Gasteiger partial charge on any atom is 0.416 e. The minimum absolute atomic E-state index is 0.0573. The fourth-order valence-electron chi connectivity index (χ4n) is 4.44. The number of hydrogen-bond acceptors (Lipinski definition) is 3. The molecule has 1 amide bonds. The Hall–Kier alpha value is -2.96. The molecule has 0 radical (unpaired) electrons. The second-order valence-electron chi connectivity index (χ2n) is 8.53. The normalized spacial score (nSPS) is 19.4. The minimum Gasteiger partial charge on any atom is -0.449 e. The van der Waals surface area contributed by atoms with Crippen molar-refractivity contribution in [2.24, 2.45) is 0 Å². The minimum atomic E-state index is -5.18. The third-order valence-corrected chi connectivity index (χ3v) is 6.17. The molecule has 204 valence electrons. The Kier molecular flexibility index (Phi) is 7.79. The highest BCUT2D eigenvalue weighted by Gasteiger charge is 2.43. The van der Waals surface area contributed by atoms with Crippen LogP contribution < -0.4 is 4.90 Å². The summed E-state index contributed by atoms with van der Waals surface area (Å²) in [6, 6.07) is 2.11. The summed E-state index contributed by atoms with van der Waals surface area (Å²) in [5.74, 6) is -1.36. The van der Waals surface area contributed by atoms with E-state index in [1.165, 1.54) is 6.92 Å². The number of hydrogen-bond donors (Lipinski definition) is 1. The highest BCUT2D eigenvalue weighted by Crippen LogP contribution is 2.48. The number of aliphatic hydroxyl groups is 1. The van der Waals surface area contributed by atoms with Crippen LogP contribution in [0.1, 0.15) is 66.5 Å². The van der Waals surface area contributed by atoms with Crippen LogP contribution in [0.25, 0.3) is 0 Å². The average Bonchev–Trinajstić information content (AvgIpc) is 2.80. The number of anilines is 1. The molecule has 0 bridgehead atoms. The van der Waals surface area contributed by atoms with Gasteiger partial charge in [-0.15, -0.1) is 0 Å². The van der Waals surface area contributed by atoms with Crippen molar-refractivity contribution in [3.8, 4) is 0 Å².